The zero-order valence-corrected chi connectivity index (χ0v) is 10.5. The number of aromatic nitrogens is 1. The van der Waals surface area contributed by atoms with Gasteiger partial charge in [-0.3, -0.25) is 4.79 Å². The van der Waals surface area contributed by atoms with Crippen molar-refractivity contribution in [1.82, 2.24) is 4.98 Å². The van der Waals surface area contributed by atoms with Crippen LogP contribution in [0.2, 0.25) is 5.15 Å². The summed E-state index contributed by atoms with van der Waals surface area (Å²) in [6.07, 6.45) is 4.03. The van der Waals surface area contributed by atoms with Crippen LogP contribution in [0, 0.1) is 6.92 Å². The SMILES string of the molecule is Cc1ccnc(Cl)c1NC(=O)CC1CCCO1. The zero-order chi connectivity index (χ0) is 12.3. The number of anilines is 1. The van der Waals surface area contributed by atoms with Crippen LogP contribution >= 0.6 is 11.6 Å². The average molecular weight is 255 g/mol. The second kappa shape index (κ2) is 5.47. The molecule has 0 bridgehead atoms. The average Bonchev–Trinajstić information content (AvgIpc) is 2.76. The minimum atomic E-state index is -0.0742. The van der Waals surface area contributed by atoms with Crippen molar-refractivity contribution >= 4 is 23.2 Å². The van der Waals surface area contributed by atoms with Crippen LogP contribution in [0.25, 0.3) is 0 Å². The Morgan fingerprint density at radius 2 is 2.53 bits per heavy atom. The molecule has 1 amide bonds. The molecule has 0 aromatic carbocycles. The summed E-state index contributed by atoms with van der Waals surface area (Å²) in [5, 5.41) is 3.12. The number of halogens is 1. The molecule has 1 saturated heterocycles. The van der Waals surface area contributed by atoms with E-state index in [-0.39, 0.29) is 12.0 Å². The molecule has 0 spiro atoms. The number of hydrogen-bond acceptors (Lipinski definition) is 3. The molecule has 1 aromatic heterocycles. The number of nitrogens with zero attached hydrogens (tertiary/aromatic N) is 1. The van der Waals surface area contributed by atoms with E-state index in [0.29, 0.717) is 17.3 Å². The van der Waals surface area contributed by atoms with Crippen LogP contribution in [0.5, 0.6) is 0 Å². The molecule has 1 fully saturated rings. The lowest BCUT2D eigenvalue weighted by Gasteiger charge is -2.12. The van der Waals surface area contributed by atoms with E-state index < -0.39 is 0 Å². The molecule has 2 heterocycles. The molecule has 1 aromatic rings. The molecule has 5 heteroatoms. The Labute approximate surface area is 105 Å². The summed E-state index contributed by atoms with van der Waals surface area (Å²) in [6, 6.07) is 1.81. The Balaban J connectivity index is 1.97. The molecule has 0 aliphatic carbocycles. The molecular weight excluding hydrogens is 240 g/mol. The fourth-order valence-corrected chi connectivity index (χ4v) is 2.13. The zero-order valence-electron chi connectivity index (χ0n) is 9.70. The van der Waals surface area contributed by atoms with Crippen molar-refractivity contribution in [3.8, 4) is 0 Å². The fraction of sp³-hybridized carbons (Fsp3) is 0.500. The van der Waals surface area contributed by atoms with E-state index in [9.17, 15) is 4.79 Å². The summed E-state index contributed by atoms with van der Waals surface area (Å²) < 4.78 is 5.41. The standard InChI is InChI=1S/C12H15ClN2O2/c1-8-4-5-14-12(13)11(8)15-10(16)7-9-3-2-6-17-9/h4-5,9H,2-3,6-7H2,1H3,(H,15,16). The normalized spacial score (nSPS) is 19.3. The minimum absolute atomic E-state index is 0.0470. The third kappa shape index (κ3) is 3.17. The lowest BCUT2D eigenvalue weighted by molar-refractivity contribution is -0.118. The summed E-state index contributed by atoms with van der Waals surface area (Å²) in [4.78, 5) is 15.7. The molecule has 1 aliphatic rings. The van der Waals surface area contributed by atoms with Crippen molar-refractivity contribution in [3.05, 3.63) is 23.0 Å². The Kier molecular flexibility index (Phi) is 3.97. The maximum atomic E-state index is 11.8. The number of nitrogens with one attached hydrogen (secondary N) is 1. The van der Waals surface area contributed by atoms with Gasteiger partial charge in [0.1, 0.15) is 0 Å². The van der Waals surface area contributed by atoms with Crippen LogP contribution in [0.4, 0.5) is 5.69 Å². The lowest BCUT2D eigenvalue weighted by atomic mass is 10.1. The lowest BCUT2D eigenvalue weighted by Crippen LogP contribution is -2.20. The Hall–Kier alpha value is -1.13. The minimum Gasteiger partial charge on any atom is -0.378 e. The van der Waals surface area contributed by atoms with Gasteiger partial charge in [0.2, 0.25) is 5.91 Å². The van der Waals surface area contributed by atoms with E-state index in [2.05, 4.69) is 10.3 Å². The first-order chi connectivity index (χ1) is 8.16. The van der Waals surface area contributed by atoms with Gasteiger partial charge in [0.15, 0.2) is 5.15 Å². The van der Waals surface area contributed by atoms with Crippen molar-refractivity contribution in [2.24, 2.45) is 0 Å². The van der Waals surface area contributed by atoms with Crippen LogP contribution in [0.15, 0.2) is 12.3 Å². The number of pyridine rings is 1. The molecule has 1 unspecified atom stereocenters. The highest BCUT2D eigenvalue weighted by Gasteiger charge is 2.20. The molecule has 0 radical (unpaired) electrons. The molecule has 1 N–H and O–H groups in total. The molecule has 1 aliphatic heterocycles. The summed E-state index contributed by atoms with van der Waals surface area (Å²) in [6.45, 7) is 2.64. The monoisotopic (exact) mass is 254 g/mol. The van der Waals surface area contributed by atoms with Gasteiger partial charge in [-0.15, -0.1) is 0 Å². The number of aryl methyl sites for hydroxylation is 1. The topological polar surface area (TPSA) is 51.2 Å². The van der Waals surface area contributed by atoms with Crippen molar-refractivity contribution in [3.63, 3.8) is 0 Å². The van der Waals surface area contributed by atoms with Gasteiger partial charge in [-0.05, 0) is 31.4 Å². The van der Waals surface area contributed by atoms with Crippen LogP contribution in [-0.2, 0) is 9.53 Å². The first-order valence-corrected chi connectivity index (χ1v) is 6.07. The van der Waals surface area contributed by atoms with E-state index in [4.69, 9.17) is 16.3 Å². The fourth-order valence-electron chi connectivity index (χ4n) is 1.88. The predicted molar refractivity (Wildman–Crippen MR) is 66.2 cm³/mol. The second-order valence-electron chi connectivity index (χ2n) is 4.18. The Morgan fingerprint density at radius 1 is 1.71 bits per heavy atom. The molecule has 1 atom stereocenters. The largest absolute Gasteiger partial charge is 0.378 e. The van der Waals surface area contributed by atoms with Crippen molar-refractivity contribution in [2.75, 3.05) is 11.9 Å². The first-order valence-electron chi connectivity index (χ1n) is 5.69. The van der Waals surface area contributed by atoms with E-state index >= 15 is 0 Å². The molecule has 17 heavy (non-hydrogen) atoms. The number of carbonyl (C=O) groups is 1. The van der Waals surface area contributed by atoms with E-state index in [1.54, 1.807) is 6.20 Å². The van der Waals surface area contributed by atoms with Crippen molar-refractivity contribution in [1.29, 1.82) is 0 Å². The van der Waals surface area contributed by atoms with Gasteiger partial charge >= 0.3 is 0 Å². The van der Waals surface area contributed by atoms with Crippen molar-refractivity contribution in [2.45, 2.75) is 32.3 Å². The summed E-state index contributed by atoms with van der Waals surface area (Å²) in [5.74, 6) is -0.0742. The Bertz CT molecular complexity index is 397. The predicted octanol–water partition coefficient (Wildman–Crippen LogP) is 2.55. The van der Waals surface area contributed by atoms with E-state index in [1.165, 1.54) is 0 Å². The number of rotatable bonds is 3. The van der Waals surface area contributed by atoms with Crippen LogP contribution in [0.1, 0.15) is 24.8 Å². The number of ether oxygens (including phenoxy) is 1. The van der Waals surface area contributed by atoms with Gasteiger partial charge in [-0.2, -0.15) is 0 Å². The highest BCUT2D eigenvalue weighted by atomic mass is 35.5. The van der Waals surface area contributed by atoms with Gasteiger partial charge in [-0.25, -0.2) is 4.98 Å². The Morgan fingerprint density at radius 3 is 3.18 bits per heavy atom. The summed E-state index contributed by atoms with van der Waals surface area (Å²) >= 11 is 5.93. The van der Waals surface area contributed by atoms with E-state index in [0.717, 1.165) is 25.0 Å². The quantitative estimate of drug-likeness (QED) is 0.844. The first kappa shape index (κ1) is 12.3. The van der Waals surface area contributed by atoms with Gasteiger partial charge in [-0.1, -0.05) is 11.6 Å². The smallest absolute Gasteiger partial charge is 0.227 e. The molecule has 92 valence electrons. The second-order valence-corrected chi connectivity index (χ2v) is 4.54. The highest BCUT2D eigenvalue weighted by Crippen LogP contribution is 2.23. The van der Waals surface area contributed by atoms with Crippen LogP contribution in [-0.4, -0.2) is 23.6 Å². The summed E-state index contributed by atoms with van der Waals surface area (Å²) in [5.41, 5.74) is 1.50. The van der Waals surface area contributed by atoms with Crippen molar-refractivity contribution < 1.29 is 9.53 Å². The molecule has 4 nitrogen and oxygen atoms in total. The number of amides is 1. The third-order valence-electron chi connectivity index (χ3n) is 2.81. The van der Waals surface area contributed by atoms with Gasteiger partial charge in [0.05, 0.1) is 18.2 Å². The maximum absolute atomic E-state index is 11.8. The van der Waals surface area contributed by atoms with Gasteiger partial charge in [0.25, 0.3) is 0 Å². The van der Waals surface area contributed by atoms with Crippen LogP contribution in [0.3, 0.4) is 0 Å². The molecule has 0 saturated carbocycles. The van der Waals surface area contributed by atoms with Gasteiger partial charge < -0.3 is 10.1 Å². The molecular formula is C12H15ClN2O2. The maximum Gasteiger partial charge on any atom is 0.227 e. The van der Waals surface area contributed by atoms with E-state index in [1.807, 2.05) is 13.0 Å². The third-order valence-corrected chi connectivity index (χ3v) is 3.10. The van der Waals surface area contributed by atoms with Crippen LogP contribution < -0.4 is 5.32 Å². The summed E-state index contributed by atoms with van der Waals surface area (Å²) in [7, 11) is 0. The number of carbonyl (C=O) groups excluding carboxylic acids is 1. The highest BCUT2D eigenvalue weighted by molar-refractivity contribution is 6.32. The van der Waals surface area contributed by atoms with Gasteiger partial charge in [0, 0.05) is 12.8 Å². The number of hydrogen-bond donors (Lipinski definition) is 1. The molecule has 2 rings (SSSR count).